The maximum absolute atomic E-state index is 14.2. The number of hydrogen-bond acceptors (Lipinski definition) is 1. The quantitative estimate of drug-likeness (QED) is 0.757. The average molecular weight is 375 g/mol. The molecule has 0 bridgehead atoms. The molecule has 0 aliphatic rings. The second kappa shape index (κ2) is 6.86. The van der Waals surface area contributed by atoms with Crippen molar-refractivity contribution >= 4 is 27.5 Å². The summed E-state index contributed by atoms with van der Waals surface area (Å²) in [5.41, 5.74) is 1.60. The van der Waals surface area contributed by atoms with Crippen molar-refractivity contribution in [1.29, 1.82) is 0 Å². The van der Waals surface area contributed by atoms with Crippen LogP contribution < -0.4 is 5.32 Å². The van der Waals surface area contributed by atoms with E-state index in [0.29, 0.717) is 27.7 Å². The summed E-state index contributed by atoms with van der Waals surface area (Å²) in [6.07, 6.45) is 0. The predicted octanol–water partition coefficient (Wildman–Crippen LogP) is 5.39. The smallest absolute Gasteiger partial charge is 0.129 e. The van der Waals surface area contributed by atoms with E-state index in [1.165, 1.54) is 12.1 Å². The van der Waals surface area contributed by atoms with E-state index < -0.39 is 6.04 Å². The molecule has 0 aromatic heterocycles. The molecule has 21 heavy (non-hydrogen) atoms. The fourth-order valence-electron chi connectivity index (χ4n) is 2.26. The average Bonchev–Trinajstić information content (AvgIpc) is 2.42. The Balaban J connectivity index is 2.62. The second-order valence-corrected chi connectivity index (χ2v) is 6.01. The first-order chi connectivity index (χ1) is 9.95. The first kappa shape index (κ1) is 16.4. The van der Waals surface area contributed by atoms with Crippen LogP contribution in [0.2, 0.25) is 5.02 Å². The van der Waals surface area contributed by atoms with E-state index in [4.69, 9.17) is 11.6 Å². The summed E-state index contributed by atoms with van der Waals surface area (Å²) >= 11 is 9.54. The SMILES string of the molecule is CCNC(c1cc(C)c(F)cc1Cl)c1c(F)cccc1Br. The lowest BCUT2D eigenvalue weighted by molar-refractivity contribution is 0.555. The minimum atomic E-state index is -0.447. The number of hydrogen-bond donors (Lipinski definition) is 1. The van der Waals surface area contributed by atoms with E-state index >= 15 is 0 Å². The molecule has 1 atom stereocenters. The molecule has 2 aromatic rings. The maximum atomic E-state index is 14.2. The van der Waals surface area contributed by atoms with Crippen LogP contribution in [0.15, 0.2) is 34.8 Å². The molecule has 0 heterocycles. The van der Waals surface area contributed by atoms with Gasteiger partial charge in [0.2, 0.25) is 0 Å². The lowest BCUT2D eigenvalue weighted by Gasteiger charge is -2.22. The molecule has 0 aliphatic carbocycles. The van der Waals surface area contributed by atoms with Gasteiger partial charge in [-0.2, -0.15) is 0 Å². The van der Waals surface area contributed by atoms with Gasteiger partial charge in [-0.3, -0.25) is 0 Å². The minimum absolute atomic E-state index is 0.277. The van der Waals surface area contributed by atoms with Crippen LogP contribution in [-0.4, -0.2) is 6.54 Å². The fourth-order valence-corrected chi connectivity index (χ4v) is 3.09. The zero-order chi connectivity index (χ0) is 15.6. The van der Waals surface area contributed by atoms with Crippen LogP contribution in [0.4, 0.5) is 8.78 Å². The standard InChI is InChI=1S/C16H15BrClF2N/c1-3-21-16(15-11(17)5-4-6-13(15)19)10-7-9(2)14(20)8-12(10)18/h4-8,16,21H,3H2,1-2H3. The molecule has 0 aliphatic heterocycles. The largest absolute Gasteiger partial charge is 0.306 e. The van der Waals surface area contributed by atoms with Crippen molar-refractivity contribution in [3.8, 4) is 0 Å². The first-order valence-corrected chi connectivity index (χ1v) is 7.75. The van der Waals surface area contributed by atoms with Crippen LogP contribution >= 0.6 is 27.5 Å². The summed E-state index contributed by atoms with van der Waals surface area (Å²) in [5, 5.41) is 3.48. The van der Waals surface area contributed by atoms with Gasteiger partial charge in [0.25, 0.3) is 0 Å². The van der Waals surface area contributed by atoms with Gasteiger partial charge < -0.3 is 5.32 Å². The van der Waals surface area contributed by atoms with Gasteiger partial charge in [-0.25, -0.2) is 8.78 Å². The summed E-state index contributed by atoms with van der Waals surface area (Å²) < 4.78 is 28.5. The van der Waals surface area contributed by atoms with Gasteiger partial charge in [-0.05, 0) is 48.9 Å². The molecule has 2 rings (SSSR count). The third-order valence-electron chi connectivity index (χ3n) is 3.29. The molecule has 0 fully saturated rings. The molecule has 0 amide bonds. The maximum Gasteiger partial charge on any atom is 0.129 e. The van der Waals surface area contributed by atoms with Crippen LogP contribution in [0, 0.1) is 18.6 Å². The molecule has 112 valence electrons. The number of nitrogens with one attached hydrogen (secondary N) is 1. The molecular formula is C16H15BrClF2N. The molecule has 2 aromatic carbocycles. The van der Waals surface area contributed by atoms with Crippen molar-refractivity contribution < 1.29 is 8.78 Å². The number of benzene rings is 2. The monoisotopic (exact) mass is 373 g/mol. The summed E-state index contributed by atoms with van der Waals surface area (Å²) in [5.74, 6) is -0.708. The number of rotatable bonds is 4. The highest BCUT2D eigenvalue weighted by atomic mass is 79.9. The van der Waals surface area contributed by atoms with Crippen molar-refractivity contribution in [3.05, 3.63) is 68.2 Å². The first-order valence-electron chi connectivity index (χ1n) is 6.58. The Hall–Kier alpha value is -0.970. The van der Waals surface area contributed by atoms with Crippen molar-refractivity contribution in [2.75, 3.05) is 6.54 Å². The third kappa shape index (κ3) is 3.44. The minimum Gasteiger partial charge on any atom is -0.306 e. The van der Waals surface area contributed by atoms with Crippen LogP contribution in [0.25, 0.3) is 0 Å². The van der Waals surface area contributed by atoms with Crippen LogP contribution in [-0.2, 0) is 0 Å². The van der Waals surface area contributed by atoms with Gasteiger partial charge >= 0.3 is 0 Å². The van der Waals surface area contributed by atoms with Gasteiger partial charge in [0.15, 0.2) is 0 Å². The van der Waals surface area contributed by atoms with Gasteiger partial charge in [0, 0.05) is 15.1 Å². The topological polar surface area (TPSA) is 12.0 Å². The Bertz CT molecular complexity index is 641. The summed E-state index contributed by atoms with van der Waals surface area (Å²) in [6.45, 7) is 4.21. The Morgan fingerprint density at radius 2 is 1.95 bits per heavy atom. The Morgan fingerprint density at radius 3 is 2.57 bits per heavy atom. The van der Waals surface area contributed by atoms with Gasteiger partial charge in [-0.15, -0.1) is 0 Å². The van der Waals surface area contributed by atoms with Crippen LogP contribution in [0.5, 0.6) is 0 Å². The molecule has 0 saturated carbocycles. The van der Waals surface area contributed by atoms with E-state index in [1.807, 2.05) is 6.92 Å². The lowest BCUT2D eigenvalue weighted by Crippen LogP contribution is -2.24. The van der Waals surface area contributed by atoms with E-state index in [0.717, 1.165) is 0 Å². The zero-order valence-electron chi connectivity index (χ0n) is 11.7. The Labute approximate surface area is 136 Å². The molecule has 0 saturated heterocycles. The van der Waals surface area contributed by atoms with Crippen molar-refractivity contribution in [2.45, 2.75) is 19.9 Å². The van der Waals surface area contributed by atoms with Crippen molar-refractivity contribution in [3.63, 3.8) is 0 Å². The number of aryl methyl sites for hydroxylation is 1. The molecule has 1 nitrogen and oxygen atoms in total. The highest BCUT2D eigenvalue weighted by Crippen LogP contribution is 2.35. The molecular weight excluding hydrogens is 360 g/mol. The predicted molar refractivity (Wildman–Crippen MR) is 85.8 cm³/mol. The highest BCUT2D eigenvalue weighted by Gasteiger charge is 2.23. The summed E-state index contributed by atoms with van der Waals surface area (Å²) in [4.78, 5) is 0. The van der Waals surface area contributed by atoms with E-state index in [1.54, 1.807) is 25.1 Å². The fraction of sp³-hybridized carbons (Fsp3) is 0.250. The molecule has 0 spiro atoms. The van der Waals surface area contributed by atoms with E-state index in [-0.39, 0.29) is 16.7 Å². The van der Waals surface area contributed by atoms with E-state index in [9.17, 15) is 8.78 Å². The lowest BCUT2D eigenvalue weighted by atomic mass is 9.96. The van der Waals surface area contributed by atoms with Crippen molar-refractivity contribution in [1.82, 2.24) is 5.32 Å². The van der Waals surface area contributed by atoms with Crippen LogP contribution in [0.1, 0.15) is 29.7 Å². The summed E-state index contributed by atoms with van der Waals surface area (Å²) in [7, 11) is 0. The van der Waals surface area contributed by atoms with Gasteiger partial charge in [0.05, 0.1) is 6.04 Å². The van der Waals surface area contributed by atoms with Crippen LogP contribution in [0.3, 0.4) is 0 Å². The normalized spacial score (nSPS) is 12.5. The summed E-state index contributed by atoms with van der Waals surface area (Å²) in [6, 6.07) is 7.28. The zero-order valence-corrected chi connectivity index (χ0v) is 14.0. The van der Waals surface area contributed by atoms with E-state index in [2.05, 4.69) is 21.2 Å². The number of halogens is 4. The Kier molecular flexibility index (Phi) is 5.36. The third-order valence-corrected chi connectivity index (χ3v) is 4.30. The van der Waals surface area contributed by atoms with Gasteiger partial charge in [0.1, 0.15) is 11.6 Å². The van der Waals surface area contributed by atoms with Gasteiger partial charge in [-0.1, -0.05) is 40.5 Å². The molecule has 1 unspecified atom stereocenters. The highest BCUT2D eigenvalue weighted by molar-refractivity contribution is 9.10. The Morgan fingerprint density at radius 1 is 1.24 bits per heavy atom. The second-order valence-electron chi connectivity index (χ2n) is 4.75. The molecule has 5 heteroatoms. The van der Waals surface area contributed by atoms with Crippen molar-refractivity contribution in [2.24, 2.45) is 0 Å². The molecule has 0 radical (unpaired) electrons. The molecule has 1 N–H and O–H groups in total.